The summed E-state index contributed by atoms with van der Waals surface area (Å²) in [6, 6.07) is 17.3. The van der Waals surface area contributed by atoms with Gasteiger partial charge in [0.2, 0.25) is 0 Å². The fourth-order valence-electron chi connectivity index (χ4n) is 2.66. The van der Waals surface area contributed by atoms with Gasteiger partial charge in [-0.3, -0.25) is 0 Å². The third-order valence-corrected chi connectivity index (χ3v) is 3.55. The molecule has 92 valence electrons. The molecule has 0 aliphatic heterocycles. The van der Waals surface area contributed by atoms with Crippen LogP contribution in [-0.2, 0) is 0 Å². The van der Waals surface area contributed by atoms with Gasteiger partial charge in [-0.15, -0.1) is 0 Å². The van der Waals surface area contributed by atoms with Crippen LogP contribution in [-0.4, -0.2) is 0 Å². The van der Waals surface area contributed by atoms with E-state index in [-0.39, 0.29) is 0 Å². The van der Waals surface area contributed by atoms with Crippen molar-refractivity contribution in [3.63, 3.8) is 0 Å². The van der Waals surface area contributed by atoms with Crippen molar-refractivity contribution in [3.8, 4) is 0 Å². The van der Waals surface area contributed by atoms with Crippen molar-refractivity contribution >= 4 is 33.7 Å². The molecule has 0 heterocycles. The van der Waals surface area contributed by atoms with Crippen LogP contribution in [0.4, 0.5) is 0 Å². The van der Waals surface area contributed by atoms with Crippen LogP contribution in [0.3, 0.4) is 0 Å². The van der Waals surface area contributed by atoms with Gasteiger partial charge in [0.05, 0.1) is 0 Å². The average Bonchev–Trinajstić information content (AvgIpc) is 2.47. The van der Waals surface area contributed by atoms with Crippen molar-refractivity contribution in [2.24, 2.45) is 0 Å². The topological polar surface area (TPSA) is 0 Å². The quantitative estimate of drug-likeness (QED) is 0.509. The summed E-state index contributed by atoms with van der Waals surface area (Å²) in [6.45, 7) is 5.96. The third kappa shape index (κ3) is 1.86. The Morgan fingerprint density at radius 1 is 0.842 bits per heavy atom. The Morgan fingerprint density at radius 3 is 2.42 bits per heavy atom. The highest BCUT2D eigenvalue weighted by Crippen LogP contribution is 2.30. The van der Waals surface area contributed by atoms with Crippen LogP contribution in [0.25, 0.3) is 33.7 Å². The Kier molecular flexibility index (Phi) is 2.92. The molecule has 3 aromatic rings. The number of benzene rings is 3. The van der Waals surface area contributed by atoms with Crippen molar-refractivity contribution in [2.45, 2.75) is 6.92 Å². The van der Waals surface area contributed by atoms with Crippen LogP contribution < -0.4 is 0 Å². The number of rotatable bonds is 2. The molecule has 0 spiro atoms. The van der Waals surface area contributed by atoms with E-state index >= 15 is 0 Å². The van der Waals surface area contributed by atoms with Crippen molar-refractivity contribution in [2.75, 3.05) is 0 Å². The largest absolute Gasteiger partial charge is 0.0984 e. The summed E-state index contributed by atoms with van der Waals surface area (Å²) in [6.07, 6.45) is 6.16. The van der Waals surface area contributed by atoms with E-state index in [2.05, 4.69) is 67.3 Å². The maximum absolute atomic E-state index is 3.91. The van der Waals surface area contributed by atoms with Crippen LogP contribution in [0, 0.1) is 0 Å². The molecule has 0 N–H and O–H groups in total. The summed E-state index contributed by atoms with van der Waals surface area (Å²) in [7, 11) is 0. The number of allylic oxidation sites excluding steroid dienone is 1. The minimum absolute atomic E-state index is 1.18. The van der Waals surface area contributed by atoms with E-state index in [9.17, 15) is 0 Å². The molecule has 0 aliphatic carbocycles. The highest BCUT2D eigenvalue weighted by atomic mass is 14.1. The molecule has 3 aromatic carbocycles. The smallest absolute Gasteiger partial charge is 0.00990 e. The molecular formula is C19H16. The molecule has 19 heavy (non-hydrogen) atoms. The van der Waals surface area contributed by atoms with E-state index in [0.717, 1.165) is 0 Å². The number of hydrogen-bond acceptors (Lipinski definition) is 0. The summed E-state index contributed by atoms with van der Waals surface area (Å²) in [5.74, 6) is 0. The Morgan fingerprint density at radius 2 is 1.63 bits per heavy atom. The van der Waals surface area contributed by atoms with E-state index in [0.29, 0.717) is 0 Å². The van der Waals surface area contributed by atoms with Crippen LogP contribution in [0.1, 0.15) is 18.1 Å². The van der Waals surface area contributed by atoms with E-state index in [1.54, 1.807) is 0 Å². The van der Waals surface area contributed by atoms with Gasteiger partial charge < -0.3 is 0 Å². The van der Waals surface area contributed by atoms with Crippen molar-refractivity contribution in [1.82, 2.24) is 0 Å². The van der Waals surface area contributed by atoms with Gasteiger partial charge in [-0.2, -0.15) is 0 Å². The van der Waals surface area contributed by atoms with Gasteiger partial charge in [0.1, 0.15) is 0 Å². The lowest BCUT2D eigenvalue weighted by atomic mass is 9.94. The third-order valence-electron chi connectivity index (χ3n) is 3.55. The molecule has 0 saturated heterocycles. The van der Waals surface area contributed by atoms with Gasteiger partial charge in [-0.1, -0.05) is 73.3 Å². The number of fused-ring (bicyclic) bond motifs is 3. The maximum atomic E-state index is 3.91. The predicted molar refractivity (Wildman–Crippen MR) is 86.3 cm³/mol. The van der Waals surface area contributed by atoms with Gasteiger partial charge in [0, 0.05) is 0 Å². The van der Waals surface area contributed by atoms with Gasteiger partial charge in [0.15, 0.2) is 0 Å². The van der Waals surface area contributed by atoms with E-state index in [1.807, 2.05) is 13.0 Å². The van der Waals surface area contributed by atoms with Gasteiger partial charge in [-0.05, 0) is 39.6 Å². The van der Waals surface area contributed by atoms with Crippen LogP contribution in [0.2, 0.25) is 0 Å². The first-order valence-corrected chi connectivity index (χ1v) is 6.54. The molecule has 3 rings (SSSR count). The zero-order chi connectivity index (χ0) is 13.2. The van der Waals surface area contributed by atoms with E-state index in [1.165, 1.54) is 32.7 Å². The molecule has 0 fully saturated rings. The second-order valence-corrected chi connectivity index (χ2v) is 4.65. The first-order chi connectivity index (χ1) is 9.35. The highest BCUT2D eigenvalue weighted by Gasteiger charge is 2.05. The average molecular weight is 244 g/mol. The lowest BCUT2D eigenvalue weighted by molar-refractivity contribution is 1.67. The van der Waals surface area contributed by atoms with Gasteiger partial charge >= 0.3 is 0 Å². The summed E-state index contributed by atoms with van der Waals surface area (Å²) < 4.78 is 0. The number of hydrogen-bond donors (Lipinski definition) is 0. The zero-order valence-corrected chi connectivity index (χ0v) is 11.1. The summed E-state index contributed by atoms with van der Waals surface area (Å²) in [5.41, 5.74) is 2.43. The molecule has 0 nitrogen and oxygen atoms in total. The fraction of sp³-hybridized carbons (Fsp3) is 0.0526. The Bertz CT molecular complexity index is 792. The first kappa shape index (κ1) is 11.7. The summed E-state index contributed by atoms with van der Waals surface area (Å²) >= 11 is 0. The molecule has 0 radical (unpaired) electrons. The van der Waals surface area contributed by atoms with Crippen LogP contribution >= 0.6 is 0 Å². The first-order valence-electron chi connectivity index (χ1n) is 6.54. The second-order valence-electron chi connectivity index (χ2n) is 4.65. The van der Waals surface area contributed by atoms with Crippen LogP contribution in [0.5, 0.6) is 0 Å². The van der Waals surface area contributed by atoms with Crippen molar-refractivity contribution < 1.29 is 0 Å². The lowest BCUT2D eigenvalue weighted by Crippen LogP contribution is -1.85. The van der Waals surface area contributed by atoms with E-state index in [4.69, 9.17) is 0 Å². The SMILES string of the molecule is C=Cc1ccc2c(ccc3ccccc32)c1/C=C\C. The van der Waals surface area contributed by atoms with E-state index < -0.39 is 0 Å². The second kappa shape index (κ2) is 4.74. The Balaban J connectivity index is 2.50. The molecule has 0 amide bonds. The minimum atomic E-state index is 1.18. The van der Waals surface area contributed by atoms with Gasteiger partial charge in [0.25, 0.3) is 0 Å². The Hall–Kier alpha value is -2.34. The Labute approximate surface area is 113 Å². The molecule has 0 bridgehead atoms. The zero-order valence-electron chi connectivity index (χ0n) is 11.1. The molecule has 0 heteroatoms. The highest BCUT2D eigenvalue weighted by molar-refractivity contribution is 6.10. The maximum Gasteiger partial charge on any atom is -0.00990 e. The fourth-order valence-corrected chi connectivity index (χ4v) is 2.66. The molecule has 0 saturated carbocycles. The van der Waals surface area contributed by atoms with Gasteiger partial charge in [-0.25, -0.2) is 0 Å². The summed E-state index contributed by atoms with van der Waals surface area (Å²) in [4.78, 5) is 0. The standard InChI is InChI=1S/C19H16/c1-3-7-16-14(4-2)10-12-19-17-9-6-5-8-15(17)11-13-18(16)19/h3-13H,2H2,1H3/b7-3-. The van der Waals surface area contributed by atoms with Crippen LogP contribution in [0.15, 0.2) is 61.2 Å². The minimum Gasteiger partial charge on any atom is -0.0984 e. The molecule has 0 unspecified atom stereocenters. The van der Waals surface area contributed by atoms with Crippen molar-refractivity contribution in [3.05, 3.63) is 72.3 Å². The lowest BCUT2D eigenvalue weighted by Gasteiger charge is -2.09. The van der Waals surface area contributed by atoms with Crippen molar-refractivity contribution in [1.29, 1.82) is 0 Å². The molecule has 0 aliphatic rings. The molecule has 0 atom stereocenters. The molecule has 0 aromatic heterocycles. The summed E-state index contributed by atoms with van der Waals surface area (Å²) in [5, 5.41) is 5.18. The predicted octanol–water partition coefficient (Wildman–Crippen LogP) is 5.67. The normalized spacial score (nSPS) is 11.4. The monoisotopic (exact) mass is 244 g/mol. The molecular weight excluding hydrogens is 228 g/mol.